The molecule has 1 amide bonds. The number of nitrogens with zero attached hydrogens (tertiary/aromatic N) is 2. The van der Waals surface area contributed by atoms with Gasteiger partial charge in [0.1, 0.15) is 0 Å². The van der Waals surface area contributed by atoms with E-state index < -0.39 is 0 Å². The van der Waals surface area contributed by atoms with Crippen LogP contribution >= 0.6 is 11.3 Å². The molecule has 0 N–H and O–H groups in total. The van der Waals surface area contributed by atoms with E-state index in [-0.39, 0.29) is 12.5 Å². The Morgan fingerprint density at radius 1 is 1.08 bits per heavy atom. The van der Waals surface area contributed by atoms with Crippen molar-refractivity contribution in [1.29, 1.82) is 0 Å². The third-order valence-corrected chi connectivity index (χ3v) is 4.97. The number of para-hydroxylation sites is 2. The second kappa shape index (κ2) is 8.17. The summed E-state index contributed by atoms with van der Waals surface area (Å²) in [5.74, 6) is 1.27. The Hall–Kier alpha value is -2.05. The maximum Gasteiger partial charge on any atom is 0.260 e. The van der Waals surface area contributed by atoms with Crippen LogP contribution in [0, 0.1) is 0 Å². The van der Waals surface area contributed by atoms with E-state index in [0.29, 0.717) is 11.5 Å². The number of hydrogen-bond acceptors (Lipinski definition) is 5. The van der Waals surface area contributed by atoms with Crippen molar-refractivity contribution in [2.75, 3.05) is 39.9 Å². The first-order valence-corrected chi connectivity index (χ1v) is 8.92. The summed E-state index contributed by atoms with van der Waals surface area (Å²) in [5.41, 5.74) is 0. The summed E-state index contributed by atoms with van der Waals surface area (Å²) >= 11 is 1.78. The Balaban J connectivity index is 1.45. The molecule has 1 aliphatic heterocycles. The van der Waals surface area contributed by atoms with E-state index >= 15 is 0 Å². The third-order valence-electron chi connectivity index (χ3n) is 4.10. The fourth-order valence-electron chi connectivity index (χ4n) is 2.75. The molecule has 6 heteroatoms. The van der Waals surface area contributed by atoms with Crippen LogP contribution in [0.1, 0.15) is 4.88 Å². The Labute approximate surface area is 146 Å². The zero-order valence-electron chi connectivity index (χ0n) is 13.8. The Morgan fingerprint density at radius 2 is 1.83 bits per heavy atom. The van der Waals surface area contributed by atoms with Gasteiger partial charge in [-0.25, -0.2) is 0 Å². The largest absolute Gasteiger partial charge is 0.493 e. The summed E-state index contributed by atoms with van der Waals surface area (Å²) in [6, 6.07) is 11.6. The van der Waals surface area contributed by atoms with Crippen molar-refractivity contribution in [3.8, 4) is 11.5 Å². The minimum Gasteiger partial charge on any atom is -0.493 e. The molecule has 0 bridgehead atoms. The first-order valence-electron chi connectivity index (χ1n) is 8.04. The summed E-state index contributed by atoms with van der Waals surface area (Å²) in [7, 11) is 1.59. The molecule has 1 aromatic heterocycles. The molecular weight excluding hydrogens is 324 g/mol. The predicted octanol–water partition coefficient (Wildman–Crippen LogP) is 2.48. The van der Waals surface area contributed by atoms with E-state index in [2.05, 4.69) is 22.4 Å². The number of amides is 1. The number of ether oxygens (including phenoxy) is 2. The second-order valence-electron chi connectivity index (χ2n) is 5.68. The van der Waals surface area contributed by atoms with Gasteiger partial charge in [-0.1, -0.05) is 18.2 Å². The Kier molecular flexibility index (Phi) is 5.72. The smallest absolute Gasteiger partial charge is 0.260 e. The average molecular weight is 346 g/mol. The highest BCUT2D eigenvalue weighted by molar-refractivity contribution is 7.09. The monoisotopic (exact) mass is 346 g/mol. The van der Waals surface area contributed by atoms with Crippen molar-refractivity contribution in [3.63, 3.8) is 0 Å². The average Bonchev–Trinajstić information content (AvgIpc) is 3.13. The maximum absolute atomic E-state index is 12.3. The lowest BCUT2D eigenvalue weighted by Crippen LogP contribution is -2.49. The summed E-state index contributed by atoms with van der Waals surface area (Å²) < 4.78 is 10.9. The van der Waals surface area contributed by atoms with E-state index in [9.17, 15) is 4.79 Å². The molecule has 0 saturated carbocycles. The van der Waals surface area contributed by atoms with Gasteiger partial charge in [0.05, 0.1) is 7.11 Å². The number of rotatable bonds is 6. The third kappa shape index (κ3) is 4.27. The van der Waals surface area contributed by atoms with Gasteiger partial charge in [0.25, 0.3) is 5.91 Å². The lowest BCUT2D eigenvalue weighted by atomic mass is 10.3. The highest BCUT2D eigenvalue weighted by Crippen LogP contribution is 2.25. The molecule has 0 radical (unpaired) electrons. The summed E-state index contributed by atoms with van der Waals surface area (Å²) in [6.45, 7) is 4.32. The number of hydrogen-bond donors (Lipinski definition) is 0. The van der Waals surface area contributed by atoms with Gasteiger partial charge in [0.15, 0.2) is 18.1 Å². The van der Waals surface area contributed by atoms with Crippen LogP contribution in [0.2, 0.25) is 0 Å². The van der Waals surface area contributed by atoms with Crippen molar-refractivity contribution in [3.05, 3.63) is 46.7 Å². The summed E-state index contributed by atoms with van der Waals surface area (Å²) in [5, 5.41) is 2.10. The molecule has 1 fully saturated rings. The molecule has 0 aliphatic carbocycles. The standard InChI is InChI=1S/C18H22N2O3S/c1-22-16-6-2-3-7-17(16)23-14-18(21)20-10-8-19(9-11-20)13-15-5-4-12-24-15/h2-7,12H,8-11,13-14H2,1H3. The van der Waals surface area contributed by atoms with Crippen molar-refractivity contribution >= 4 is 17.2 Å². The van der Waals surface area contributed by atoms with Crippen LogP contribution in [0.25, 0.3) is 0 Å². The van der Waals surface area contributed by atoms with E-state index in [1.54, 1.807) is 18.4 Å². The van der Waals surface area contributed by atoms with Gasteiger partial charge in [0, 0.05) is 37.6 Å². The second-order valence-corrected chi connectivity index (χ2v) is 6.71. The van der Waals surface area contributed by atoms with E-state index in [1.165, 1.54) is 4.88 Å². The fourth-order valence-corrected chi connectivity index (χ4v) is 3.49. The maximum atomic E-state index is 12.3. The van der Waals surface area contributed by atoms with Crippen molar-refractivity contribution in [2.24, 2.45) is 0 Å². The normalized spacial score (nSPS) is 15.3. The van der Waals surface area contributed by atoms with Gasteiger partial charge >= 0.3 is 0 Å². The molecule has 0 spiro atoms. The number of thiophene rings is 1. The van der Waals surface area contributed by atoms with Crippen LogP contribution in [-0.2, 0) is 11.3 Å². The van der Waals surface area contributed by atoms with Crippen LogP contribution in [0.5, 0.6) is 11.5 Å². The highest BCUT2D eigenvalue weighted by Gasteiger charge is 2.21. The number of carbonyl (C=O) groups excluding carboxylic acids is 1. The van der Waals surface area contributed by atoms with Crippen LogP contribution in [0.3, 0.4) is 0 Å². The molecule has 24 heavy (non-hydrogen) atoms. The molecule has 128 valence electrons. The quantitative estimate of drug-likeness (QED) is 0.806. The number of benzene rings is 1. The summed E-state index contributed by atoms with van der Waals surface area (Å²) in [6.07, 6.45) is 0. The first-order chi connectivity index (χ1) is 11.8. The highest BCUT2D eigenvalue weighted by atomic mass is 32.1. The molecule has 1 saturated heterocycles. The van der Waals surface area contributed by atoms with Gasteiger partial charge < -0.3 is 14.4 Å². The lowest BCUT2D eigenvalue weighted by molar-refractivity contribution is -0.135. The van der Waals surface area contributed by atoms with E-state index in [0.717, 1.165) is 32.7 Å². The van der Waals surface area contributed by atoms with Crippen molar-refractivity contribution in [1.82, 2.24) is 9.80 Å². The first kappa shape index (κ1) is 16.8. The molecule has 1 aromatic carbocycles. The zero-order chi connectivity index (χ0) is 16.8. The molecule has 2 heterocycles. The number of carbonyl (C=O) groups is 1. The van der Waals surface area contributed by atoms with E-state index in [1.807, 2.05) is 29.2 Å². The van der Waals surface area contributed by atoms with Gasteiger partial charge in [0.2, 0.25) is 0 Å². The van der Waals surface area contributed by atoms with Gasteiger partial charge in [-0.3, -0.25) is 9.69 Å². The van der Waals surface area contributed by atoms with Crippen molar-refractivity contribution in [2.45, 2.75) is 6.54 Å². The molecule has 1 aliphatic rings. The molecular formula is C18H22N2O3S. The Bertz CT molecular complexity index is 652. The molecule has 2 aromatic rings. The number of piperazine rings is 1. The van der Waals surface area contributed by atoms with Gasteiger partial charge in [-0.2, -0.15) is 0 Å². The lowest BCUT2D eigenvalue weighted by Gasteiger charge is -2.34. The molecule has 0 atom stereocenters. The SMILES string of the molecule is COc1ccccc1OCC(=O)N1CCN(Cc2cccs2)CC1. The van der Waals surface area contributed by atoms with Crippen LogP contribution < -0.4 is 9.47 Å². The molecule has 3 rings (SSSR count). The van der Waals surface area contributed by atoms with Crippen LogP contribution in [0.4, 0.5) is 0 Å². The molecule has 5 nitrogen and oxygen atoms in total. The van der Waals surface area contributed by atoms with Crippen LogP contribution in [-0.4, -0.2) is 55.6 Å². The molecule has 0 unspecified atom stereocenters. The van der Waals surface area contributed by atoms with E-state index in [4.69, 9.17) is 9.47 Å². The summed E-state index contributed by atoms with van der Waals surface area (Å²) in [4.78, 5) is 18.0. The predicted molar refractivity (Wildman–Crippen MR) is 94.7 cm³/mol. The minimum absolute atomic E-state index is 0.0247. The minimum atomic E-state index is 0.0247. The van der Waals surface area contributed by atoms with Gasteiger partial charge in [-0.15, -0.1) is 11.3 Å². The zero-order valence-corrected chi connectivity index (χ0v) is 14.6. The van der Waals surface area contributed by atoms with Crippen molar-refractivity contribution < 1.29 is 14.3 Å². The number of methoxy groups -OCH3 is 1. The topological polar surface area (TPSA) is 42.0 Å². The fraction of sp³-hybridized carbons (Fsp3) is 0.389. The van der Waals surface area contributed by atoms with Gasteiger partial charge in [-0.05, 0) is 23.6 Å². The Morgan fingerprint density at radius 3 is 2.50 bits per heavy atom. The van der Waals surface area contributed by atoms with Crippen LogP contribution in [0.15, 0.2) is 41.8 Å².